The minimum atomic E-state index is -1.11. The summed E-state index contributed by atoms with van der Waals surface area (Å²) in [5, 5.41) is 17.7. The Hall–Kier alpha value is -2.98. The molecule has 3 rings (SSSR count). The van der Waals surface area contributed by atoms with E-state index in [0.29, 0.717) is 32.2 Å². The number of cyclic esters (lactones) is 1. The van der Waals surface area contributed by atoms with Crippen molar-refractivity contribution >= 4 is 23.7 Å². The Labute approximate surface area is 231 Å². The van der Waals surface area contributed by atoms with Gasteiger partial charge in [-0.15, -0.1) is 0 Å². The Morgan fingerprint density at radius 2 is 1.67 bits per heavy atom. The normalized spacial score (nSPS) is 30.5. The Morgan fingerprint density at radius 1 is 0.949 bits per heavy atom. The molecule has 0 unspecified atom stereocenters. The Kier molecular flexibility index (Phi) is 10.9. The quantitative estimate of drug-likeness (QED) is 0.398. The van der Waals surface area contributed by atoms with Gasteiger partial charge in [-0.2, -0.15) is 0 Å². The lowest BCUT2D eigenvalue weighted by molar-refractivity contribution is -0.165. The number of amides is 3. The van der Waals surface area contributed by atoms with Crippen LogP contribution < -0.4 is 16.1 Å². The first kappa shape index (κ1) is 30.6. The third-order valence-electron chi connectivity index (χ3n) is 7.58. The topological polar surface area (TPSA) is 137 Å². The average Bonchev–Trinajstić information content (AvgIpc) is 2.92. The van der Waals surface area contributed by atoms with Gasteiger partial charge >= 0.3 is 5.97 Å². The van der Waals surface area contributed by atoms with Crippen LogP contribution >= 0.6 is 0 Å². The second-order valence-electron chi connectivity index (χ2n) is 11.2. The van der Waals surface area contributed by atoms with Gasteiger partial charge in [-0.1, -0.05) is 44.5 Å². The van der Waals surface area contributed by atoms with Crippen LogP contribution in [0.4, 0.5) is 0 Å². The predicted molar refractivity (Wildman–Crippen MR) is 146 cm³/mol. The second-order valence-corrected chi connectivity index (χ2v) is 11.2. The Balaban J connectivity index is 1.82. The summed E-state index contributed by atoms with van der Waals surface area (Å²) in [6.45, 7) is 9.00. The van der Waals surface area contributed by atoms with Crippen LogP contribution in [0.3, 0.4) is 0 Å². The molecule has 3 amide bonds. The van der Waals surface area contributed by atoms with E-state index < -0.39 is 42.1 Å². The molecule has 0 saturated carbocycles. The number of ether oxygens (including phenoxy) is 1. The number of carbonyl (C=O) groups is 4. The molecule has 0 aliphatic carbocycles. The number of hydrazine groups is 1. The van der Waals surface area contributed by atoms with E-state index in [1.807, 2.05) is 25.1 Å². The fourth-order valence-corrected chi connectivity index (χ4v) is 4.96. The van der Waals surface area contributed by atoms with Gasteiger partial charge in [0.05, 0.1) is 18.1 Å². The Bertz CT molecular complexity index is 1030. The smallest absolute Gasteiger partial charge is 0.312 e. The molecule has 39 heavy (non-hydrogen) atoms. The van der Waals surface area contributed by atoms with Gasteiger partial charge in [0.1, 0.15) is 12.1 Å². The highest BCUT2D eigenvalue weighted by molar-refractivity contribution is 5.90. The van der Waals surface area contributed by atoms with E-state index in [-0.39, 0.29) is 23.8 Å². The molecule has 0 radical (unpaired) electrons. The number of carbonyl (C=O) groups excluding carboxylic acids is 4. The summed E-state index contributed by atoms with van der Waals surface area (Å²) in [6, 6.07) is 6.36. The van der Waals surface area contributed by atoms with Crippen LogP contribution in [-0.2, 0) is 30.3 Å². The van der Waals surface area contributed by atoms with Crippen LogP contribution in [0, 0.1) is 11.8 Å². The van der Waals surface area contributed by atoms with Gasteiger partial charge in [0, 0.05) is 6.54 Å². The lowest BCUT2D eigenvalue weighted by Gasteiger charge is -2.35. The molecule has 0 spiro atoms. The van der Waals surface area contributed by atoms with Gasteiger partial charge in [-0.05, 0) is 69.9 Å². The number of aliphatic hydroxyl groups excluding tert-OH is 1. The van der Waals surface area contributed by atoms with Crippen LogP contribution in [0.2, 0.25) is 0 Å². The van der Waals surface area contributed by atoms with Crippen molar-refractivity contribution in [3.8, 4) is 0 Å². The summed E-state index contributed by atoms with van der Waals surface area (Å²) in [5.41, 5.74) is 5.14. The maximum Gasteiger partial charge on any atom is 0.312 e. The fraction of sp³-hybridized carbons (Fsp3) is 0.655. The van der Waals surface area contributed by atoms with Crippen LogP contribution in [0.25, 0.3) is 0 Å². The van der Waals surface area contributed by atoms with Crippen molar-refractivity contribution in [2.75, 3.05) is 6.54 Å². The van der Waals surface area contributed by atoms with Crippen molar-refractivity contribution in [2.24, 2.45) is 11.8 Å². The van der Waals surface area contributed by atoms with E-state index in [1.54, 1.807) is 27.7 Å². The number of hydrogen-bond acceptors (Lipinski definition) is 7. The summed E-state index contributed by atoms with van der Waals surface area (Å²) in [5.74, 6) is -2.95. The number of rotatable bonds is 1. The van der Waals surface area contributed by atoms with E-state index >= 15 is 0 Å². The molecule has 2 heterocycles. The first-order valence-corrected chi connectivity index (χ1v) is 14.1. The van der Waals surface area contributed by atoms with Crippen molar-refractivity contribution in [3.63, 3.8) is 0 Å². The molecule has 1 fully saturated rings. The van der Waals surface area contributed by atoms with Crippen LogP contribution in [0.5, 0.6) is 0 Å². The summed E-state index contributed by atoms with van der Waals surface area (Å²) >= 11 is 0. The first-order valence-electron chi connectivity index (χ1n) is 14.1. The van der Waals surface area contributed by atoms with Gasteiger partial charge in [0.2, 0.25) is 5.91 Å². The molecule has 10 heteroatoms. The highest BCUT2D eigenvalue weighted by Gasteiger charge is 2.35. The molecule has 216 valence electrons. The van der Waals surface area contributed by atoms with Gasteiger partial charge in [-0.3, -0.25) is 24.2 Å². The van der Waals surface area contributed by atoms with Crippen LogP contribution in [0.15, 0.2) is 24.3 Å². The number of nitrogens with zero attached hydrogens (tertiary/aromatic N) is 1. The number of aliphatic hydroxyl groups is 1. The SMILES string of the molecule is CC(C)[C@@H]1OC(=O)[C@H](C)[C@H](O)CCCCc2cccc(c2)[C@@H](C)NC(=O)[C@@H]2CCCN(N2)C(=O)[C@H](C)NC1=O. The molecular formula is C29H44N4O6. The maximum absolute atomic E-state index is 13.1. The summed E-state index contributed by atoms with van der Waals surface area (Å²) < 4.78 is 5.53. The van der Waals surface area contributed by atoms with Crippen molar-refractivity contribution < 1.29 is 29.0 Å². The van der Waals surface area contributed by atoms with Gasteiger partial charge in [0.25, 0.3) is 11.8 Å². The number of benzene rings is 1. The number of nitrogens with one attached hydrogen (secondary N) is 3. The molecule has 10 nitrogen and oxygen atoms in total. The van der Waals surface area contributed by atoms with E-state index in [9.17, 15) is 24.3 Å². The summed E-state index contributed by atoms with van der Waals surface area (Å²) in [4.78, 5) is 52.1. The number of esters is 1. The predicted octanol–water partition coefficient (Wildman–Crippen LogP) is 2.16. The van der Waals surface area contributed by atoms with Crippen molar-refractivity contribution in [3.05, 3.63) is 35.4 Å². The minimum Gasteiger partial charge on any atom is -0.452 e. The summed E-state index contributed by atoms with van der Waals surface area (Å²) in [6.07, 6.45) is 1.98. The molecule has 4 N–H and O–H groups in total. The number of hydrogen-bond donors (Lipinski definition) is 4. The highest BCUT2D eigenvalue weighted by Crippen LogP contribution is 2.20. The fourth-order valence-electron chi connectivity index (χ4n) is 4.96. The van der Waals surface area contributed by atoms with Gasteiger partial charge < -0.3 is 20.5 Å². The molecule has 2 aliphatic heterocycles. The zero-order valence-corrected chi connectivity index (χ0v) is 23.7. The van der Waals surface area contributed by atoms with Crippen molar-refractivity contribution in [1.82, 2.24) is 21.1 Å². The first-order chi connectivity index (χ1) is 18.5. The highest BCUT2D eigenvalue weighted by atomic mass is 16.5. The van der Waals surface area contributed by atoms with E-state index in [0.717, 1.165) is 24.0 Å². The lowest BCUT2D eigenvalue weighted by atomic mass is 9.96. The molecule has 1 aromatic rings. The monoisotopic (exact) mass is 544 g/mol. The van der Waals surface area contributed by atoms with Gasteiger partial charge in [0.15, 0.2) is 6.10 Å². The van der Waals surface area contributed by atoms with Crippen molar-refractivity contribution in [1.29, 1.82) is 0 Å². The summed E-state index contributed by atoms with van der Waals surface area (Å²) in [7, 11) is 0. The van der Waals surface area contributed by atoms with Gasteiger partial charge in [-0.25, -0.2) is 5.43 Å². The standard InChI is InChI=1S/C29H44N4O6/c1-17(2)25-27(36)31-20(5)28(37)33-15-9-13-23(32-33)26(35)30-19(4)22-12-8-11-21(16-22)10-6-7-14-24(34)18(3)29(38)39-25/h8,11-12,16-20,23-25,32,34H,6-7,9-10,13-15H2,1-5H3,(H,30,35)(H,31,36)/t18-,19-,20+,23+,24-,25+/m1/s1. The molecule has 1 saturated heterocycles. The van der Waals surface area contributed by atoms with E-state index in [1.165, 1.54) is 5.01 Å². The van der Waals surface area contributed by atoms with Crippen molar-refractivity contribution in [2.45, 2.75) is 103 Å². The second kappa shape index (κ2) is 13.9. The number of aryl methyl sites for hydroxylation is 1. The average molecular weight is 545 g/mol. The molecule has 1 aromatic carbocycles. The third-order valence-corrected chi connectivity index (χ3v) is 7.58. The Morgan fingerprint density at radius 3 is 2.38 bits per heavy atom. The molecule has 4 bridgehead atoms. The number of fused-ring (bicyclic) bond motifs is 4. The third kappa shape index (κ3) is 8.25. The molecule has 2 aliphatic rings. The van der Waals surface area contributed by atoms with E-state index in [2.05, 4.69) is 22.1 Å². The lowest BCUT2D eigenvalue weighted by Crippen LogP contribution is -2.61. The van der Waals surface area contributed by atoms with Crippen LogP contribution in [0.1, 0.15) is 83.9 Å². The molecule has 6 atom stereocenters. The van der Waals surface area contributed by atoms with Crippen LogP contribution in [-0.4, -0.2) is 64.6 Å². The largest absolute Gasteiger partial charge is 0.452 e. The van der Waals surface area contributed by atoms with E-state index in [4.69, 9.17) is 4.74 Å². The zero-order valence-electron chi connectivity index (χ0n) is 23.7. The molecular weight excluding hydrogens is 500 g/mol. The maximum atomic E-state index is 13.1. The zero-order chi connectivity index (χ0) is 28.7. The molecule has 0 aromatic heterocycles. The minimum absolute atomic E-state index is 0.195.